The first-order chi connectivity index (χ1) is 14.4. The van der Waals surface area contributed by atoms with Crippen molar-refractivity contribution in [2.24, 2.45) is 0 Å². The average molecular weight is 401 g/mol. The van der Waals surface area contributed by atoms with Crippen molar-refractivity contribution in [3.05, 3.63) is 105 Å². The van der Waals surface area contributed by atoms with Crippen LogP contribution in [0.5, 0.6) is 11.5 Å². The van der Waals surface area contributed by atoms with Crippen LogP contribution in [0, 0.1) is 17.0 Å². The van der Waals surface area contributed by atoms with Gasteiger partial charge in [0.1, 0.15) is 11.5 Å². The Bertz CT molecular complexity index is 1210. The van der Waals surface area contributed by atoms with E-state index in [1.165, 1.54) is 42.5 Å². The Labute approximate surface area is 171 Å². The van der Waals surface area contributed by atoms with Crippen LogP contribution in [0.2, 0.25) is 0 Å². The van der Waals surface area contributed by atoms with E-state index in [1.807, 2.05) is 19.1 Å². The summed E-state index contributed by atoms with van der Waals surface area (Å²) in [5.41, 5.74) is 2.13. The van der Waals surface area contributed by atoms with Gasteiger partial charge in [-0.05, 0) is 42.8 Å². The number of hydrogen-bond acceptors (Lipinski definition) is 6. The highest BCUT2D eigenvalue weighted by molar-refractivity contribution is 6.14. The predicted octanol–water partition coefficient (Wildman–Crippen LogP) is 4.74. The topological polar surface area (TPSA) is 95.7 Å². The lowest BCUT2D eigenvalue weighted by molar-refractivity contribution is -0.384. The van der Waals surface area contributed by atoms with Gasteiger partial charge in [-0.1, -0.05) is 29.8 Å². The van der Waals surface area contributed by atoms with Gasteiger partial charge in [-0.15, -0.1) is 0 Å². The molecule has 3 aromatic carbocycles. The first kappa shape index (κ1) is 19.1. The van der Waals surface area contributed by atoms with E-state index in [9.17, 15) is 19.7 Å². The minimum absolute atomic E-state index is 0.0347. The quantitative estimate of drug-likeness (QED) is 0.206. The number of nitro benzene ring substituents is 1. The molecule has 0 amide bonds. The second kappa shape index (κ2) is 7.63. The van der Waals surface area contributed by atoms with Gasteiger partial charge in [-0.3, -0.25) is 14.9 Å². The van der Waals surface area contributed by atoms with Gasteiger partial charge in [0.05, 0.1) is 16.1 Å². The molecule has 30 heavy (non-hydrogen) atoms. The Kier molecular flexibility index (Phi) is 4.85. The molecule has 0 bridgehead atoms. The Balaban J connectivity index is 1.55. The maximum Gasteiger partial charge on any atom is 0.343 e. The number of esters is 1. The standard InChI is InChI=1S/C23H15NO6/c1-14-5-7-16(8-6-14)23(26)29-18-9-10-19-20(13-18)30-21(22(19)25)12-15-3-2-4-17(11-15)24(27)28/h2-13H,1H3/b21-12-. The number of fused-ring (bicyclic) bond motifs is 1. The van der Waals surface area contributed by atoms with E-state index in [0.717, 1.165) is 5.56 Å². The van der Waals surface area contributed by atoms with Crippen LogP contribution >= 0.6 is 0 Å². The fraction of sp³-hybridized carbons (Fsp3) is 0.0435. The lowest BCUT2D eigenvalue weighted by Gasteiger charge is -2.06. The Morgan fingerprint density at radius 3 is 2.57 bits per heavy atom. The Hall–Kier alpha value is -4.26. The second-order valence-corrected chi connectivity index (χ2v) is 6.71. The number of hydrogen-bond donors (Lipinski definition) is 0. The van der Waals surface area contributed by atoms with Crippen LogP contribution in [0.25, 0.3) is 6.08 Å². The van der Waals surface area contributed by atoms with Gasteiger partial charge in [-0.2, -0.15) is 0 Å². The van der Waals surface area contributed by atoms with Crippen molar-refractivity contribution < 1.29 is 24.0 Å². The molecule has 0 aliphatic carbocycles. The zero-order valence-corrected chi connectivity index (χ0v) is 15.8. The molecule has 0 fully saturated rings. The number of ether oxygens (including phenoxy) is 2. The molecule has 0 unspecified atom stereocenters. The molecule has 4 rings (SSSR count). The fourth-order valence-electron chi connectivity index (χ4n) is 2.97. The van der Waals surface area contributed by atoms with Gasteiger partial charge in [0.15, 0.2) is 5.76 Å². The summed E-state index contributed by atoms with van der Waals surface area (Å²) in [5, 5.41) is 10.9. The number of non-ortho nitro benzene ring substituents is 1. The molecule has 1 aliphatic heterocycles. The maximum atomic E-state index is 12.6. The van der Waals surface area contributed by atoms with Crippen molar-refractivity contribution in [3.63, 3.8) is 0 Å². The molecule has 0 saturated heterocycles. The van der Waals surface area contributed by atoms with Gasteiger partial charge in [0.25, 0.3) is 5.69 Å². The van der Waals surface area contributed by atoms with E-state index in [-0.39, 0.29) is 28.7 Å². The Morgan fingerprint density at radius 1 is 1.07 bits per heavy atom. The normalized spacial score (nSPS) is 13.6. The number of carbonyl (C=O) groups excluding carboxylic acids is 2. The van der Waals surface area contributed by atoms with Crippen molar-refractivity contribution in [1.82, 2.24) is 0 Å². The number of allylic oxidation sites excluding steroid dienone is 1. The van der Waals surface area contributed by atoms with Crippen LogP contribution in [0.4, 0.5) is 5.69 Å². The number of carbonyl (C=O) groups is 2. The second-order valence-electron chi connectivity index (χ2n) is 6.71. The summed E-state index contributed by atoms with van der Waals surface area (Å²) in [4.78, 5) is 35.3. The molecule has 148 valence electrons. The molecule has 1 heterocycles. The van der Waals surface area contributed by atoms with Crippen LogP contribution in [0.3, 0.4) is 0 Å². The van der Waals surface area contributed by atoms with E-state index >= 15 is 0 Å². The molecule has 0 atom stereocenters. The zero-order chi connectivity index (χ0) is 21.3. The molecule has 0 N–H and O–H groups in total. The Morgan fingerprint density at radius 2 is 1.83 bits per heavy atom. The molecule has 1 aliphatic rings. The van der Waals surface area contributed by atoms with Gasteiger partial charge in [0, 0.05) is 18.2 Å². The summed E-state index contributed by atoms with van der Waals surface area (Å²) in [6.07, 6.45) is 1.44. The molecule has 3 aromatic rings. The third-order valence-corrected chi connectivity index (χ3v) is 4.52. The number of aryl methyl sites for hydroxylation is 1. The molecule has 0 saturated carbocycles. The van der Waals surface area contributed by atoms with Crippen LogP contribution < -0.4 is 9.47 Å². The summed E-state index contributed by atoms with van der Waals surface area (Å²) in [6, 6.07) is 17.3. The summed E-state index contributed by atoms with van der Waals surface area (Å²) in [5.74, 6) is -0.346. The van der Waals surface area contributed by atoms with Crippen molar-refractivity contribution in [2.75, 3.05) is 0 Å². The average Bonchev–Trinajstić information content (AvgIpc) is 3.03. The molecule has 0 spiro atoms. The van der Waals surface area contributed by atoms with Crippen molar-refractivity contribution in [2.45, 2.75) is 6.92 Å². The molecule has 0 radical (unpaired) electrons. The summed E-state index contributed by atoms with van der Waals surface area (Å²) in [7, 11) is 0. The highest BCUT2D eigenvalue weighted by atomic mass is 16.6. The van der Waals surface area contributed by atoms with E-state index in [2.05, 4.69) is 0 Å². The molecule has 0 aromatic heterocycles. The van der Waals surface area contributed by atoms with E-state index in [0.29, 0.717) is 16.7 Å². The summed E-state index contributed by atoms with van der Waals surface area (Å²) < 4.78 is 11.0. The third-order valence-electron chi connectivity index (χ3n) is 4.52. The van der Waals surface area contributed by atoms with Crippen LogP contribution in [0.1, 0.15) is 31.8 Å². The summed E-state index contributed by atoms with van der Waals surface area (Å²) in [6.45, 7) is 1.92. The molecular formula is C23H15NO6. The van der Waals surface area contributed by atoms with Gasteiger partial charge in [-0.25, -0.2) is 4.79 Å². The first-order valence-electron chi connectivity index (χ1n) is 9.02. The minimum atomic E-state index is -0.522. The van der Waals surface area contributed by atoms with Crippen molar-refractivity contribution in [1.29, 1.82) is 0 Å². The van der Waals surface area contributed by atoms with Crippen LogP contribution in [-0.4, -0.2) is 16.7 Å². The lowest BCUT2D eigenvalue weighted by atomic mass is 10.1. The van der Waals surface area contributed by atoms with Crippen molar-refractivity contribution >= 4 is 23.5 Å². The largest absolute Gasteiger partial charge is 0.452 e. The number of ketones is 1. The predicted molar refractivity (Wildman–Crippen MR) is 109 cm³/mol. The maximum absolute atomic E-state index is 12.6. The monoisotopic (exact) mass is 401 g/mol. The number of Topliss-reactive ketones (excluding diaryl/α,β-unsaturated/α-hetero) is 1. The lowest BCUT2D eigenvalue weighted by Crippen LogP contribution is -2.08. The van der Waals surface area contributed by atoms with Gasteiger partial charge < -0.3 is 9.47 Å². The zero-order valence-electron chi connectivity index (χ0n) is 15.8. The van der Waals surface area contributed by atoms with E-state index < -0.39 is 10.9 Å². The van der Waals surface area contributed by atoms with Crippen LogP contribution in [-0.2, 0) is 0 Å². The molecular weight excluding hydrogens is 386 g/mol. The van der Waals surface area contributed by atoms with E-state index in [1.54, 1.807) is 18.2 Å². The first-order valence-corrected chi connectivity index (χ1v) is 9.02. The number of nitro groups is 1. The number of nitrogens with zero attached hydrogens (tertiary/aromatic N) is 1. The van der Waals surface area contributed by atoms with Crippen LogP contribution in [0.15, 0.2) is 72.5 Å². The van der Waals surface area contributed by atoms with Gasteiger partial charge >= 0.3 is 5.97 Å². The molecule has 7 nitrogen and oxygen atoms in total. The number of benzene rings is 3. The SMILES string of the molecule is Cc1ccc(C(=O)Oc2ccc3c(c2)O/C(=C\c2cccc([N+](=O)[O-])c2)C3=O)cc1. The summed E-state index contributed by atoms with van der Waals surface area (Å²) >= 11 is 0. The van der Waals surface area contributed by atoms with Crippen molar-refractivity contribution in [3.8, 4) is 11.5 Å². The van der Waals surface area contributed by atoms with Gasteiger partial charge in [0.2, 0.25) is 5.78 Å². The molecule has 7 heteroatoms. The van der Waals surface area contributed by atoms with E-state index in [4.69, 9.17) is 9.47 Å². The number of rotatable bonds is 4. The highest BCUT2D eigenvalue weighted by Gasteiger charge is 2.28. The highest BCUT2D eigenvalue weighted by Crippen LogP contribution is 2.35. The smallest absolute Gasteiger partial charge is 0.343 e. The fourth-order valence-corrected chi connectivity index (χ4v) is 2.97. The third kappa shape index (κ3) is 3.81. The minimum Gasteiger partial charge on any atom is -0.452 e.